The van der Waals surface area contributed by atoms with Gasteiger partial charge in [0, 0.05) is 0 Å². The lowest BCUT2D eigenvalue weighted by Gasteiger charge is -2.51. The topological polar surface area (TPSA) is 62.6 Å². The zero-order valence-electron chi connectivity index (χ0n) is 12.0. The van der Waals surface area contributed by atoms with Crippen LogP contribution in [-0.4, -0.2) is 34.3 Å². The molecule has 0 aromatic rings. The van der Waals surface area contributed by atoms with Crippen molar-refractivity contribution in [3.8, 4) is 6.07 Å². The molecule has 1 atom stereocenters. The van der Waals surface area contributed by atoms with Crippen molar-refractivity contribution >= 4 is 5.97 Å². The molecule has 5 nitrogen and oxygen atoms in total. The fourth-order valence-electron chi connectivity index (χ4n) is 1.97. The van der Waals surface area contributed by atoms with Crippen LogP contribution in [0.25, 0.3) is 0 Å². The molecule has 102 valence electrons. The second kappa shape index (κ2) is 4.52. The minimum atomic E-state index is -0.981. The fraction of sp³-hybridized carbons (Fsp3) is 0.846. The van der Waals surface area contributed by atoms with E-state index in [1.807, 2.05) is 20.8 Å². The van der Waals surface area contributed by atoms with Gasteiger partial charge in [0.2, 0.25) is 0 Å². The molecule has 1 heterocycles. The number of rotatable bonds is 3. The number of esters is 1. The maximum absolute atomic E-state index is 12.0. The molecule has 0 aromatic carbocycles. The van der Waals surface area contributed by atoms with Crippen LogP contribution in [0.3, 0.4) is 0 Å². The van der Waals surface area contributed by atoms with Crippen molar-refractivity contribution in [3.63, 3.8) is 0 Å². The van der Waals surface area contributed by atoms with Gasteiger partial charge < -0.3 is 4.74 Å². The Hall–Kier alpha value is -1.12. The minimum Gasteiger partial charge on any atom is -0.462 e. The van der Waals surface area contributed by atoms with Gasteiger partial charge in [0.25, 0.3) is 0 Å². The van der Waals surface area contributed by atoms with E-state index in [0.29, 0.717) is 6.42 Å². The van der Waals surface area contributed by atoms with Gasteiger partial charge in [0.05, 0.1) is 11.6 Å². The summed E-state index contributed by atoms with van der Waals surface area (Å²) in [5.74, 6) is -0.307. The van der Waals surface area contributed by atoms with Gasteiger partial charge in [-0.15, -0.1) is 0 Å². The molecular formula is C13H22N2O3. The van der Waals surface area contributed by atoms with Crippen molar-refractivity contribution in [2.24, 2.45) is 0 Å². The van der Waals surface area contributed by atoms with Crippen molar-refractivity contribution in [3.05, 3.63) is 0 Å². The number of hydrogen-bond donors (Lipinski definition) is 0. The first-order valence-electron chi connectivity index (χ1n) is 6.17. The third-order valence-electron chi connectivity index (χ3n) is 3.27. The van der Waals surface area contributed by atoms with E-state index in [2.05, 4.69) is 6.07 Å². The lowest BCUT2D eigenvalue weighted by molar-refractivity contribution is -0.325. The molecule has 5 heteroatoms. The monoisotopic (exact) mass is 254 g/mol. The highest BCUT2D eigenvalue weighted by molar-refractivity contribution is 5.81. The predicted octanol–water partition coefficient (Wildman–Crippen LogP) is 2.03. The summed E-state index contributed by atoms with van der Waals surface area (Å²) >= 11 is 0. The van der Waals surface area contributed by atoms with Crippen molar-refractivity contribution in [2.75, 3.05) is 6.61 Å². The summed E-state index contributed by atoms with van der Waals surface area (Å²) in [5, 5.41) is 10.7. The number of carbonyl (C=O) groups is 1. The fourth-order valence-corrected chi connectivity index (χ4v) is 1.97. The summed E-state index contributed by atoms with van der Waals surface area (Å²) in [5.41, 5.74) is -2.31. The molecule has 0 spiro atoms. The van der Waals surface area contributed by atoms with E-state index in [1.54, 1.807) is 25.8 Å². The second-order valence-electron chi connectivity index (χ2n) is 6.02. The molecule has 0 radical (unpaired) electrons. The predicted molar refractivity (Wildman–Crippen MR) is 66.4 cm³/mol. The number of nitrogens with zero attached hydrogens (tertiary/aromatic N) is 2. The molecule has 0 saturated carbocycles. The third-order valence-corrected chi connectivity index (χ3v) is 3.27. The molecule has 1 saturated heterocycles. The maximum atomic E-state index is 12.0. The molecule has 1 fully saturated rings. The summed E-state index contributed by atoms with van der Waals surface area (Å²) in [6.07, 6.45) is 0.552. The number of nitriles is 1. The molecule has 0 bridgehead atoms. The number of hydrogen-bond acceptors (Lipinski definition) is 5. The average Bonchev–Trinajstić information content (AvgIpc) is 2.30. The van der Waals surface area contributed by atoms with Crippen LogP contribution in [0.4, 0.5) is 0 Å². The van der Waals surface area contributed by atoms with Crippen LogP contribution in [0.15, 0.2) is 0 Å². The molecule has 0 amide bonds. The van der Waals surface area contributed by atoms with E-state index in [-0.39, 0.29) is 12.6 Å². The molecule has 18 heavy (non-hydrogen) atoms. The first kappa shape index (κ1) is 14.9. The van der Waals surface area contributed by atoms with Crippen LogP contribution in [0, 0.1) is 11.3 Å². The standard InChI is InChI=1S/C13H22N2O3/c1-7-13(6)10(16)17-9-11(2,3)15(13)18-12(4,5)8-14/h7,9H2,1-6H3. The van der Waals surface area contributed by atoms with E-state index in [4.69, 9.17) is 14.8 Å². The Morgan fingerprint density at radius 3 is 2.50 bits per heavy atom. The second-order valence-corrected chi connectivity index (χ2v) is 6.02. The van der Waals surface area contributed by atoms with Crippen molar-refractivity contribution in [1.82, 2.24) is 5.06 Å². The van der Waals surface area contributed by atoms with Crippen LogP contribution in [0.5, 0.6) is 0 Å². The zero-order chi connectivity index (χ0) is 14.2. The van der Waals surface area contributed by atoms with Crippen molar-refractivity contribution in [2.45, 2.75) is 64.6 Å². The van der Waals surface area contributed by atoms with Gasteiger partial charge in [0.15, 0.2) is 5.60 Å². The first-order valence-corrected chi connectivity index (χ1v) is 6.17. The summed E-state index contributed by atoms with van der Waals surface area (Å²) in [6, 6.07) is 2.09. The van der Waals surface area contributed by atoms with Crippen LogP contribution in [0.1, 0.15) is 48.0 Å². The van der Waals surface area contributed by atoms with Crippen LogP contribution in [-0.2, 0) is 14.4 Å². The molecule has 0 aromatic heterocycles. The highest BCUT2D eigenvalue weighted by Crippen LogP contribution is 2.36. The first-order chi connectivity index (χ1) is 8.09. The molecule has 1 rings (SSSR count). The van der Waals surface area contributed by atoms with Gasteiger partial charge in [-0.1, -0.05) is 6.92 Å². The Labute approximate surface area is 109 Å². The summed E-state index contributed by atoms with van der Waals surface area (Å²) in [6.45, 7) is 11.2. The van der Waals surface area contributed by atoms with E-state index in [9.17, 15) is 4.79 Å². The minimum absolute atomic E-state index is 0.253. The number of hydroxylamine groups is 2. The Kier molecular flexibility index (Phi) is 3.75. The van der Waals surface area contributed by atoms with Crippen LogP contribution in [0.2, 0.25) is 0 Å². The highest BCUT2D eigenvalue weighted by atomic mass is 16.7. The lowest BCUT2D eigenvalue weighted by Crippen LogP contribution is -2.68. The van der Waals surface area contributed by atoms with Crippen molar-refractivity contribution in [1.29, 1.82) is 5.26 Å². The van der Waals surface area contributed by atoms with Crippen molar-refractivity contribution < 1.29 is 14.4 Å². The number of carbonyl (C=O) groups excluding carboxylic acids is 1. The Bertz CT molecular complexity index is 384. The van der Waals surface area contributed by atoms with Crippen LogP contribution < -0.4 is 0 Å². The van der Waals surface area contributed by atoms with E-state index in [0.717, 1.165) is 0 Å². The van der Waals surface area contributed by atoms with Gasteiger partial charge >= 0.3 is 5.97 Å². The smallest absolute Gasteiger partial charge is 0.328 e. The van der Waals surface area contributed by atoms with Crippen LogP contribution >= 0.6 is 0 Å². The molecule has 1 aliphatic heterocycles. The average molecular weight is 254 g/mol. The van der Waals surface area contributed by atoms with E-state index in [1.165, 1.54) is 0 Å². The third kappa shape index (κ3) is 2.50. The largest absolute Gasteiger partial charge is 0.462 e. The number of ether oxygens (including phenoxy) is 1. The van der Waals surface area contributed by atoms with Gasteiger partial charge in [-0.25, -0.2) is 4.79 Å². The quantitative estimate of drug-likeness (QED) is 0.721. The summed E-state index contributed by atoms with van der Waals surface area (Å²) < 4.78 is 5.23. The van der Waals surface area contributed by atoms with Gasteiger partial charge in [-0.05, 0) is 41.0 Å². The Morgan fingerprint density at radius 1 is 1.50 bits per heavy atom. The maximum Gasteiger partial charge on any atom is 0.328 e. The van der Waals surface area contributed by atoms with E-state index >= 15 is 0 Å². The molecular weight excluding hydrogens is 232 g/mol. The number of cyclic esters (lactones) is 1. The van der Waals surface area contributed by atoms with E-state index < -0.39 is 16.7 Å². The van der Waals surface area contributed by atoms with Gasteiger partial charge in [-0.3, -0.25) is 4.84 Å². The normalized spacial score (nSPS) is 28.6. The molecule has 0 aliphatic carbocycles. The molecule has 1 aliphatic rings. The molecule has 1 unspecified atom stereocenters. The lowest BCUT2D eigenvalue weighted by atomic mass is 9.90. The van der Waals surface area contributed by atoms with Gasteiger partial charge in [-0.2, -0.15) is 10.3 Å². The SMILES string of the molecule is CCC1(C)C(=O)OCC(C)(C)N1OC(C)(C)C#N. The van der Waals surface area contributed by atoms with Gasteiger partial charge in [0.1, 0.15) is 12.1 Å². The molecule has 0 N–H and O–H groups in total. The highest BCUT2D eigenvalue weighted by Gasteiger charge is 2.53. The Morgan fingerprint density at radius 2 is 2.06 bits per heavy atom. The zero-order valence-corrected chi connectivity index (χ0v) is 12.0. The summed E-state index contributed by atoms with van der Waals surface area (Å²) in [4.78, 5) is 17.8. The summed E-state index contributed by atoms with van der Waals surface area (Å²) in [7, 11) is 0. The Balaban J connectivity index is 3.14. The number of morpholine rings is 1.